The Morgan fingerprint density at radius 2 is 1.59 bits per heavy atom. The van der Waals surface area contributed by atoms with Crippen molar-refractivity contribution in [1.29, 1.82) is 0 Å². The fourth-order valence-corrected chi connectivity index (χ4v) is 5.42. The lowest BCUT2D eigenvalue weighted by Gasteiger charge is -2.28. The van der Waals surface area contributed by atoms with Crippen molar-refractivity contribution in [3.63, 3.8) is 0 Å². The summed E-state index contributed by atoms with van der Waals surface area (Å²) in [5.74, 6) is -0.0805. The van der Waals surface area contributed by atoms with Gasteiger partial charge in [0.25, 0.3) is 0 Å². The van der Waals surface area contributed by atoms with Crippen molar-refractivity contribution in [2.24, 2.45) is 5.92 Å². The number of hydrogen-bond acceptors (Lipinski definition) is 3. The highest BCUT2D eigenvalue weighted by molar-refractivity contribution is 5.74. The third-order valence-electron chi connectivity index (χ3n) is 8.00. The zero-order chi connectivity index (χ0) is 28.0. The summed E-state index contributed by atoms with van der Waals surface area (Å²) in [5, 5.41) is 0. The van der Waals surface area contributed by atoms with E-state index in [4.69, 9.17) is 9.47 Å². The normalized spacial score (nSPS) is 18.9. The van der Waals surface area contributed by atoms with Crippen LogP contribution in [0.15, 0.2) is 42.5 Å². The Morgan fingerprint density at radius 1 is 0.897 bits per heavy atom. The van der Waals surface area contributed by atoms with Crippen LogP contribution in [0.1, 0.15) is 110 Å². The van der Waals surface area contributed by atoms with E-state index < -0.39 is 12.1 Å². The van der Waals surface area contributed by atoms with Crippen molar-refractivity contribution in [2.45, 2.75) is 129 Å². The van der Waals surface area contributed by atoms with Gasteiger partial charge in [0.05, 0.1) is 6.10 Å². The number of alkyl halides is 1. The van der Waals surface area contributed by atoms with Gasteiger partial charge in [0, 0.05) is 0 Å². The molecular weight excluding hydrogens is 494 g/mol. The summed E-state index contributed by atoms with van der Waals surface area (Å²) in [5.41, 5.74) is 3.10. The van der Waals surface area contributed by atoms with E-state index in [2.05, 4.69) is 31.2 Å². The highest BCUT2D eigenvalue weighted by Crippen LogP contribution is 2.31. The molecule has 0 radical (unpaired) electrons. The van der Waals surface area contributed by atoms with Gasteiger partial charge >= 0.3 is 5.97 Å². The molecule has 2 aromatic carbocycles. The smallest absolute Gasteiger partial charge is 0.340 e. The second-order valence-corrected chi connectivity index (χ2v) is 11.3. The van der Waals surface area contributed by atoms with Gasteiger partial charge in [-0.05, 0) is 99.5 Å². The lowest BCUT2D eigenvalue weighted by atomic mass is 9.83. The minimum Gasteiger partial charge on any atom is -0.488 e. The monoisotopic (exact) mass is 542 g/mol. The fourth-order valence-electron chi connectivity index (χ4n) is 5.42. The number of aryl methyl sites for hydroxylation is 1. The molecule has 0 heterocycles. The zero-order valence-electron chi connectivity index (χ0n) is 24.2. The van der Waals surface area contributed by atoms with Gasteiger partial charge in [-0.3, -0.25) is 0 Å². The fraction of sp³-hybridized carbons (Fsp3) is 0.618. The lowest BCUT2D eigenvalue weighted by Crippen LogP contribution is -2.29. The Hall–Kier alpha value is -2.43. The van der Waals surface area contributed by atoms with Crippen LogP contribution in [-0.4, -0.2) is 24.3 Å². The third-order valence-corrected chi connectivity index (χ3v) is 8.00. The molecule has 0 aromatic heterocycles. The number of ether oxygens (including phenoxy) is 2. The Morgan fingerprint density at radius 3 is 2.26 bits per heavy atom. The van der Waals surface area contributed by atoms with E-state index >= 15 is 0 Å². The Labute approximate surface area is 234 Å². The van der Waals surface area contributed by atoms with E-state index in [1.54, 1.807) is 12.1 Å². The summed E-state index contributed by atoms with van der Waals surface area (Å²) < 4.78 is 39.9. The summed E-state index contributed by atoms with van der Waals surface area (Å²) in [7, 11) is 0. The molecule has 3 nitrogen and oxygen atoms in total. The number of unbranched alkanes of at least 4 members (excludes halogenated alkanes) is 4. The first-order valence-corrected chi connectivity index (χ1v) is 15.3. The van der Waals surface area contributed by atoms with Crippen molar-refractivity contribution < 1.29 is 23.0 Å². The maximum atomic E-state index is 14.8. The second-order valence-electron chi connectivity index (χ2n) is 11.3. The van der Waals surface area contributed by atoms with E-state index in [9.17, 15) is 13.6 Å². The van der Waals surface area contributed by atoms with Gasteiger partial charge < -0.3 is 9.47 Å². The molecule has 0 bridgehead atoms. The molecule has 2 aromatic rings. The Kier molecular flexibility index (Phi) is 13.3. The van der Waals surface area contributed by atoms with E-state index in [1.165, 1.54) is 24.8 Å². The van der Waals surface area contributed by atoms with Gasteiger partial charge in [0.2, 0.25) is 0 Å². The summed E-state index contributed by atoms with van der Waals surface area (Å²) in [6.07, 6.45) is 11.6. The molecule has 5 heteroatoms. The second kappa shape index (κ2) is 16.6. The molecule has 1 aliphatic rings. The molecule has 0 aliphatic heterocycles. The van der Waals surface area contributed by atoms with E-state index in [1.807, 2.05) is 19.9 Å². The molecule has 0 unspecified atom stereocenters. The average Bonchev–Trinajstić information content (AvgIpc) is 2.95. The highest BCUT2D eigenvalue weighted by Gasteiger charge is 2.27. The van der Waals surface area contributed by atoms with E-state index in [-0.39, 0.29) is 24.4 Å². The summed E-state index contributed by atoms with van der Waals surface area (Å²) >= 11 is 0. The summed E-state index contributed by atoms with van der Waals surface area (Å²) in [4.78, 5) is 11.9. The molecule has 0 spiro atoms. The van der Waals surface area contributed by atoms with Crippen LogP contribution in [0.25, 0.3) is 11.1 Å². The van der Waals surface area contributed by atoms with Gasteiger partial charge in [-0.15, -0.1) is 0 Å². The quantitative estimate of drug-likeness (QED) is 0.156. The number of esters is 1. The predicted octanol–water partition coefficient (Wildman–Crippen LogP) is 9.79. The molecule has 216 valence electrons. The van der Waals surface area contributed by atoms with Crippen molar-refractivity contribution in [3.8, 4) is 16.9 Å². The SMILES string of the molecule is CCCCCC[C@H](C)Oc1ccc(-c2ccc(CCC3CCC(OC(=O)[C@@H](F)CCCC)CC3)cc2)cc1F. The Bertz CT molecular complexity index is 982. The van der Waals surface area contributed by atoms with Crippen LogP contribution in [0.3, 0.4) is 0 Å². The molecule has 1 aliphatic carbocycles. The molecular formula is C34H48F2O3. The molecule has 1 fully saturated rings. The van der Waals surface area contributed by atoms with Gasteiger partial charge in [-0.25, -0.2) is 13.6 Å². The minimum absolute atomic E-state index is 0.00426. The first-order chi connectivity index (χ1) is 18.9. The minimum atomic E-state index is -1.48. The number of halogens is 2. The van der Waals surface area contributed by atoms with Crippen molar-refractivity contribution in [2.75, 3.05) is 0 Å². The molecule has 39 heavy (non-hydrogen) atoms. The molecule has 2 atom stereocenters. The van der Waals surface area contributed by atoms with Gasteiger partial charge in [-0.2, -0.15) is 0 Å². The summed E-state index contributed by atoms with van der Waals surface area (Å²) in [6.45, 7) is 6.19. The van der Waals surface area contributed by atoms with Crippen LogP contribution in [0.2, 0.25) is 0 Å². The molecule has 0 amide bonds. The Balaban J connectivity index is 1.41. The van der Waals surface area contributed by atoms with Crippen LogP contribution in [0, 0.1) is 11.7 Å². The first-order valence-electron chi connectivity index (χ1n) is 15.3. The molecule has 0 saturated heterocycles. The number of carbonyl (C=O) groups is 1. The van der Waals surface area contributed by atoms with Crippen molar-refractivity contribution >= 4 is 5.97 Å². The highest BCUT2D eigenvalue weighted by atomic mass is 19.1. The van der Waals surface area contributed by atoms with Crippen molar-refractivity contribution in [1.82, 2.24) is 0 Å². The molecule has 1 saturated carbocycles. The van der Waals surface area contributed by atoms with E-state index in [0.29, 0.717) is 18.1 Å². The third kappa shape index (κ3) is 10.6. The number of hydrogen-bond donors (Lipinski definition) is 0. The van der Waals surface area contributed by atoms with Gasteiger partial charge in [-0.1, -0.05) is 76.3 Å². The topological polar surface area (TPSA) is 35.5 Å². The van der Waals surface area contributed by atoms with Gasteiger partial charge in [0.1, 0.15) is 6.10 Å². The molecule has 0 N–H and O–H groups in total. The van der Waals surface area contributed by atoms with Crippen LogP contribution < -0.4 is 4.74 Å². The maximum absolute atomic E-state index is 14.8. The van der Waals surface area contributed by atoms with Crippen LogP contribution >= 0.6 is 0 Å². The number of rotatable bonds is 16. The summed E-state index contributed by atoms with van der Waals surface area (Å²) in [6, 6.07) is 13.6. The van der Waals surface area contributed by atoms with Crippen LogP contribution in [0.4, 0.5) is 8.78 Å². The predicted molar refractivity (Wildman–Crippen MR) is 155 cm³/mol. The van der Waals surface area contributed by atoms with Crippen LogP contribution in [-0.2, 0) is 16.0 Å². The lowest BCUT2D eigenvalue weighted by molar-refractivity contribution is -0.157. The first kappa shape index (κ1) is 31.1. The maximum Gasteiger partial charge on any atom is 0.340 e. The molecule has 3 rings (SSSR count). The largest absolute Gasteiger partial charge is 0.488 e. The number of benzene rings is 2. The van der Waals surface area contributed by atoms with Gasteiger partial charge in [0.15, 0.2) is 17.7 Å². The zero-order valence-corrected chi connectivity index (χ0v) is 24.2. The van der Waals surface area contributed by atoms with Crippen molar-refractivity contribution in [3.05, 3.63) is 53.8 Å². The van der Waals surface area contributed by atoms with E-state index in [0.717, 1.165) is 68.9 Å². The number of carbonyl (C=O) groups excluding carboxylic acids is 1. The van der Waals surface area contributed by atoms with Crippen LogP contribution in [0.5, 0.6) is 5.75 Å². The average molecular weight is 543 g/mol. The standard InChI is InChI=1S/C34H48F2O3/c1-4-6-8-9-10-25(3)38-33-23-20-29(24-32(33)36)28-18-14-26(15-19-28)12-13-27-16-21-30(22-17-27)39-34(37)31(35)11-7-5-2/h14-15,18-20,23-25,27,30-31H,4-13,16-17,21-22H2,1-3H3/t25-,27?,30?,31-/m0/s1.